The Morgan fingerprint density at radius 2 is 2.12 bits per heavy atom. The van der Waals surface area contributed by atoms with Crippen molar-refractivity contribution in [3.05, 3.63) is 29.6 Å². The van der Waals surface area contributed by atoms with Crippen LogP contribution in [0.2, 0.25) is 0 Å². The number of hydrogen-bond donors (Lipinski definition) is 0. The van der Waals surface area contributed by atoms with Crippen molar-refractivity contribution in [2.45, 2.75) is 43.8 Å². The molecule has 2 heterocycles. The van der Waals surface area contributed by atoms with Gasteiger partial charge < -0.3 is 4.74 Å². The number of pyridine rings is 1. The van der Waals surface area contributed by atoms with E-state index in [9.17, 15) is 0 Å². The van der Waals surface area contributed by atoms with Crippen LogP contribution in [-0.2, 0) is 4.74 Å². The van der Waals surface area contributed by atoms with Crippen LogP contribution in [0.25, 0.3) is 0 Å². The van der Waals surface area contributed by atoms with Crippen molar-refractivity contribution in [2.24, 2.45) is 0 Å². The Hall–Kier alpha value is -1.40. The maximum Gasteiger partial charge on any atom is 0.129 e. The molecule has 2 fully saturated rings. The Kier molecular flexibility index (Phi) is 2.19. The summed E-state index contributed by atoms with van der Waals surface area (Å²) in [6.45, 7) is 0. The van der Waals surface area contributed by atoms with Gasteiger partial charge >= 0.3 is 0 Å². The zero-order valence-corrected chi connectivity index (χ0v) is 9.15. The molecule has 82 valence electrons. The lowest BCUT2D eigenvalue weighted by Crippen LogP contribution is -2.16. The molecule has 1 spiro atoms. The van der Waals surface area contributed by atoms with Gasteiger partial charge in [-0.3, -0.25) is 4.98 Å². The highest BCUT2D eigenvalue weighted by molar-refractivity contribution is 5.29. The summed E-state index contributed by atoms with van der Waals surface area (Å²) in [4.78, 5) is 4.31. The van der Waals surface area contributed by atoms with Gasteiger partial charge in [-0.15, -0.1) is 0 Å². The zero-order valence-electron chi connectivity index (χ0n) is 9.15. The van der Waals surface area contributed by atoms with Crippen LogP contribution in [0.3, 0.4) is 0 Å². The van der Waals surface area contributed by atoms with Crippen LogP contribution in [0, 0.1) is 11.3 Å². The van der Waals surface area contributed by atoms with E-state index in [0.29, 0.717) is 5.56 Å². The van der Waals surface area contributed by atoms with Gasteiger partial charge in [0.15, 0.2) is 0 Å². The lowest BCUT2D eigenvalue weighted by Gasteiger charge is -2.17. The lowest BCUT2D eigenvalue weighted by molar-refractivity contribution is 0.233. The summed E-state index contributed by atoms with van der Waals surface area (Å²) in [6, 6.07) is 5.82. The second-order valence-electron chi connectivity index (χ2n) is 4.71. The second kappa shape index (κ2) is 3.57. The van der Waals surface area contributed by atoms with Crippen LogP contribution >= 0.6 is 0 Å². The first kappa shape index (κ1) is 9.80. The van der Waals surface area contributed by atoms with E-state index in [1.807, 2.05) is 12.1 Å². The minimum absolute atomic E-state index is 0.0966. The molecule has 1 aromatic heterocycles. The Bertz CT molecular complexity index is 426. The highest BCUT2D eigenvalue weighted by Gasteiger charge is 2.57. The van der Waals surface area contributed by atoms with E-state index in [2.05, 4.69) is 11.1 Å². The molecule has 1 atom stereocenters. The fraction of sp³-hybridized carbons (Fsp3) is 0.538. The van der Waals surface area contributed by atoms with Gasteiger partial charge in [0.1, 0.15) is 17.8 Å². The molecule has 1 aliphatic heterocycles. The molecule has 1 saturated heterocycles. The normalized spacial score (nSPS) is 26.3. The van der Waals surface area contributed by atoms with Crippen molar-refractivity contribution in [3.63, 3.8) is 0 Å². The smallest absolute Gasteiger partial charge is 0.129 e. The summed E-state index contributed by atoms with van der Waals surface area (Å²) in [6.07, 6.45) is 8.02. The molecule has 0 bridgehead atoms. The quantitative estimate of drug-likeness (QED) is 0.675. The van der Waals surface area contributed by atoms with E-state index in [4.69, 9.17) is 10.00 Å². The van der Waals surface area contributed by atoms with E-state index >= 15 is 0 Å². The van der Waals surface area contributed by atoms with E-state index in [1.54, 1.807) is 6.20 Å². The third-order valence-corrected chi connectivity index (χ3v) is 3.66. The van der Waals surface area contributed by atoms with Crippen molar-refractivity contribution >= 4 is 0 Å². The minimum Gasteiger partial charge on any atom is -0.359 e. The Labute approximate surface area is 95.1 Å². The highest BCUT2D eigenvalue weighted by atomic mass is 16.6. The van der Waals surface area contributed by atoms with Gasteiger partial charge in [0.2, 0.25) is 0 Å². The van der Waals surface area contributed by atoms with E-state index < -0.39 is 0 Å². The molecule has 0 amide bonds. The van der Waals surface area contributed by atoms with Gasteiger partial charge in [-0.25, -0.2) is 0 Å². The van der Waals surface area contributed by atoms with Crippen LogP contribution < -0.4 is 0 Å². The Balaban J connectivity index is 1.77. The maximum atomic E-state index is 8.70. The predicted octanol–water partition coefficient (Wildman–Crippen LogP) is 2.73. The second-order valence-corrected chi connectivity index (χ2v) is 4.71. The molecule has 0 N–H and O–H groups in total. The summed E-state index contributed by atoms with van der Waals surface area (Å²) in [7, 11) is 0. The number of hydrogen-bond acceptors (Lipinski definition) is 3. The zero-order chi connectivity index (χ0) is 11.0. The number of ether oxygens (including phenoxy) is 1. The molecule has 3 heteroatoms. The summed E-state index contributed by atoms with van der Waals surface area (Å²) >= 11 is 0. The first-order valence-electron chi connectivity index (χ1n) is 5.88. The average molecular weight is 214 g/mol. The van der Waals surface area contributed by atoms with Crippen LogP contribution in [0.15, 0.2) is 18.3 Å². The molecule has 0 aromatic carbocycles. The van der Waals surface area contributed by atoms with Crippen LogP contribution in [0.4, 0.5) is 0 Å². The first-order chi connectivity index (χ1) is 7.84. The van der Waals surface area contributed by atoms with Gasteiger partial charge in [0.05, 0.1) is 11.3 Å². The first-order valence-corrected chi connectivity index (χ1v) is 5.88. The molecule has 16 heavy (non-hydrogen) atoms. The highest BCUT2D eigenvalue weighted by Crippen LogP contribution is 2.56. The largest absolute Gasteiger partial charge is 0.359 e. The fourth-order valence-corrected chi connectivity index (χ4v) is 2.69. The number of rotatable bonds is 1. The molecular weight excluding hydrogens is 200 g/mol. The molecule has 1 saturated carbocycles. The van der Waals surface area contributed by atoms with Crippen molar-refractivity contribution in [1.82, 2.24) is 4.98 Å². The number of aromatic nitrogens is 1. The SMILES string of the molecule is N#Cc1ccc(C2OC23CCCCC3)nc1. The van der Waals surface area contributed by atoms with Gasteiger partial charge in [0.25, 0.3) is 0 Å². The summed E-state index contributed by atoms with van der Waals surface area (Å²) in [5.74, 6) is 0. The van der Waals surface area contributed by atoms with Crippen LogP contribution in [0.1, 0.15) is 49.5 Å². The Morgan fingerprint density at radius 3 is 2.75 bits per heavy atom. The van der Waals surface area contributed by atoms with E-state index in [1.165, 1.54) is 32.1 Å². The third-order valence-electron chi connectivity index (χ3n) is 3.66. The van der Waals surface area contributed by atoms with Crippen LogP contribution in [-0.4, -0.2) is 10.6 Å². The standard InChI is InChI=1S/C13H14N2O/c14-8-10-4-5-11(15-9-10)12-13(16-12)6-2-1-3-7-13/h4-5,9,12H,1-3,6-7H2. The average Bonchev–Trinajstić information content (AvgIpc) is 3.04. The molecule has 1 aromatic rings. The van der Waals surface area contributed by atoms with Crippen molar-refractivity contribution in [2.75, 3.05) is 0 Å². The molecule has 3 rings (SSSR count). The minimum atomic E-state index is 0.0966. The Morgan fingerprint density at radius 1 is 1.31 bits per heavy atom. The summed E-state index contributed by atoms with van der Waals surface area (Å²) in [5, 5.41) is 8.70. The van der Waals surface area contributed by atoms with E-state index in [-0.39, 0.29) is 11.7 Å². The maximum absolute atomic E-state index is 8.70. The molecule has 3 nitrogen and oxygen atoms in total. The topological polar surface area (TPSA) is 49.2 Å². The van der Waals surface area contributed by atoms with Gasteiger partial charge in [-0.05, 0) is 25.0 Å². The number of nitrogens with zero attached hydrogens (tertiary/aromatic N) is 2. The molecule has 1 unspecified atom stereocenters. The molecular formula is C13H14N2O. The lowest BCUT2D eigenvalue weighted by atomic mass is 9.85. The number of nitriles is 1. The van der Waals surface area contributed by atoms with Gasteiger partial charge in [0, 0.05) is 6.20 Å². The number of epoxide rings is 1. The van der Waals surface area contributed by atoms with Gasteiger partial charge in [-0.2, -0.15) is 5.26 Å². The van der Waals surface area contributed by atoms with Gasteiger partial charge in [-0.1, -0.05) is 19.3 Å². The summed E-state index contributed by atoms with van der Waals surface area (Å²) < 4.78 is 5.86. The summed E-state index contributed by atoms with van der Waals surface area (Å²) in [5.41, 5.74) is 1.70. The van der Waals surface area contributed by atoms with E-state index in [0.717, 1.165) is 5.69 Å². The van der Waals surface area contributed by atoms with Crippen LogP contribution in [0.5, 0.6) is 0 Å². The third kappa shape index (κ3) is 1.50. The predicted molar refractivity (Wildman–Crippen MR) is 58.6 cm³/mol. The molecule has 2 aliphatic rings. The van der Waals surface area contributed by atoms with Crippen molar-refractivity contribution in [1.29, 1.82) is 5.26 Å². The monoisotopic (exact) mass is 214 g/mol. The fourth-order valence-electron chi connectivity index (χ4n) is 2.69. The molecule has 0 radical (unpaired) electrons. The molecule has 1 aliphatic carbocycles. The van der Waals surface area contributed by atoms with Crippen molar-refractivity contribution < 1.29 is 4.74 Å². The van der Waals surface area contributed by atoms with Crippen molar-refractivity contribution in [3.8, 4) is 6.07 Å².